The van der Waals surface area contributed by atoms with Gasteiger partial charge < -0.3 is 10.1 Å². The quantitative estimate of drug-likeness (QED) is 0.442. The Hall–Kier alpha value is -1.32. The number of rotatable bonds is 2. The second kappa shape index (κ2) is 8.14. The zero-order valence-electron chi connectivity index (χ0n) is 14.3. The van der Waals surface area contributed by atoms with Crippen molar-refractivity contribution in [2.75, 3.05) is 0 Å². The molecular formula is C18H14Br2N2O2P2. The maximum atomic E-state index is 12.5. The Morgan fingerprint density at radius 3 is 2.00 bits per heavy atom. The molecule has 4 rings (SSSR count). The molecule has 2 unspecified atom stereocenters. The van der Waals surface area contributed by atoms with Crippen molar-refractivity contribution in [3.05, 3.63) is 74.2 Å². The van der Waals surface area contributed by atoms with Crippen LogP contribution in [0.4, 0.5) is 0 Å². The molecule has 2 aromatic carbocycles. The van der Waals surface area contributed by atoms with E-state index in [-0.39, 0.29) is 20.7 Å². The van der Waals surface area contributed by atoms with E-state index in [1.807, 2.05) is 48.5 Å². The SMILES string of the molecule is O=C1N=C(c2ccc(Br)cc2)c2c(O)[nH]c(-c3ccc(Br)cc3)c21.[2H]PP. The second-order valence-corrected chi connectivity index (χ2v) is 7.21. The number of nitrogens with one attached hydrogen (secondary N) is 1. The van der Waals surface area contributed by atoms with Crippen molar-refractivity contribution in [2.45, 2.75) is 0 Å². The molecule has 0 fully saturated rings. The molecular weight excluding hydrogens is 498 g/mol. The van der Waals surface area contributed by atoms with Crippen LogP contribution in [-0.2, 0) is 0 Å². The van der Waals surface area contributed by atoms with Crippen molar-refractivity contribution in [3.63, 3.8) is 0 Å². The van der Waals surface area contributed by atoms with Gasteiger partial charge in [-0.1, -0.05) is 56.1 Å². The Morgan fingerprint density at radius 1 is 0.962 bits per heavy atom. The highest BCUT2D eigenvalue weighted by atomic mass is 79.9. The molecule has 0 bridgehead atoms. The molecule has 1 aromatic heterocycles. The fourth-order valence-electron chi connectivity index (χ4n) is 2.79. The number of aromatic amines is 1. The number of H-pyrrole nitrogens is 1. The molecule has 0 spiro atoms. The minimum Gasteiger partial charge on any atom is -0.494 e. The number of amides is 1. The average molecular weight is 513 g/mol. The molecule has 1 amide bonds. The van der Waals surface area contributed by atoms with Crippen LogP contribution in [0.1, 0.15) is 21.5 Å². The summed E-state index contributed by atoms with van der Waals surface area (Å²) >= 11 is 6.78. The van der Waals surface area contributed by atoms with Crippen LogP contribution in [0, 0.1) is 0 Å². The van der Waals surface area contributed by atoms with Crippen molar-refractivity contribution in [2.24, 2.45) is 4.99 Å². The van der Waals surface area contributed by atoms with Gasteiger partial charge in [0.2, 0.25) is 0 Å². The fourth-order valence-corrected chi connectivity index (χ4v) is 3.32. The highest BCUT2D eigenvalue weighted by molar-refractivity contribution is 9.10. The molecule has 0 saturated heterocycles. The number of carbonyl (C=O) groups excluding carboxylic acids is 1. The first-order chi connectivity index (χ1) is 13.0. The Morgan fingerprint density at radius 2 is 1.46 bits per heavy atom. The Balaban J connectivity index is 0.000000659. The third-order valence-corrected chi connectivity index (χ3v) is 4.95. The number of halogens is 2. The smallest absolute Gasteiger partial charge is 0.280 e. The molecule has 3 aromatic rings. The van der Waals surface area contributed by atoms with E-state index in [0.29, 0.717) is 22.5 Å². The van der Waals surface area contributed by atoms with Crippen LogP contribution in [0.3, 0.4) is 0 Å². The predicted octanol–water partition coefficient (Wildman–Crippen LogP) is 5.56. The summed E-state index contributed by atoms with van der Waals surface area (Å²) in [5.41, 5.74) is 3.53. The fraction of sp³-hybridized carbons (Fsp3) is 0. The van der Waals surface area contributed by atoms with E-state index in [4.69, 9.17) is 1.28 Å². The van der Waals surface area contributed by atoms with Gasteiger partial charge in [0, 0.05) is 14.5 Å². The number of fused-ring (bicyclic) bond motifs is 1. The van der Waals surface area contributed by atoms with Crippen LogP contribution in [-0.4, -0.2) is 23.0 Å². The lowest BCUT2D eigenvalue weighted by molar-refractivity contribution is 0.101. The molecule has 26 heavy (non-hydrogen) atoms. The van der Waals surface area contributed by atoms with Gasteiger partial charge in [-0.15, -0.1) is 17.8 Å². The van der Waals surface area contributed by atoms with Gasteiger partial charge in [0.05, 0.1) is 23.8 Å². The van der Waals surface area contributed by atoms with Crippen molar-refractivity contribution < 1.29 is 9.90 Å². The second-order valence-electron chi connectivity index (χ2n) is 5.38. The van der Waals surface area contributed by atoms with E-state index in [2.05, 4.69) is 50.8 Å². The Kier molecular flexibility index (Phi) is 5.66. The highest BCUT2D eigenvalue weighted by Gasteiger charge is 2.33. The van der Waals surface area contributed by atoms with Gasteiger partial charge in [-0.25, -0.2) is 4.99 Å². The third-order valence-electron chi connectivity index (χ3n) is 3.89. The molecule has 132 valence electrons. The first-order valence-electron chi connectivity index (χ1n) is 7.93. The summed E-state index contributed by atoms with van der Waals surface area (Å²) in [6.45, 7) is 0. The van der Waals surface area contributed by atoms with Crippen molar-refractivity contribution in [3.8, 4) is 17.1 Å². The maximum absolute atomic E-state index is 12.5. The lowest BCUT2D eigenvalue weighted by atomic mass is 10.0. The number of aromatic hydroxyl groups is 1. The summed E-state index contributed by atoms with van der Waals surface area (Å²) in [4.78, 5) is 19.5. The van der Waals surface area contributed by atoms with Gasteiger partial charge in [-0.05, 0) is 29.8 Å². The van der Waals surface area contributed by atoms with Gasteiger partial charge in [0.25, 0.3) is 5.91 Å². The topological polar surface area (TPSA) is 65.4 Å². The molecule has 1 aliphatic heterocycles. The monoisotopic (exact) mass is 511 g/mol. The molecule has 8 heteroatoms. The first-order valence-corrected chi connectivity index (χ1v) is 11.3. The molecule has 4 nitrogen and oxygen atoms in total. The summed E-state index contributed by atoms with van der Waals surface area (Å²) < 4.78 is 8.08. The third kappa shape index (κ3) is 3.57. The maximum Gasteiger partial charge on any atom is 0.280 e. The van der Waals surface area contributed by atoms with Crippen molar-refractivity contribution in [1.29, 1.82) is 1.28 Å². The summed E-state index contributed by atoms with van der Waals surface area (Å²) in [5, 5.41) is 10.4. The van der Waals surface area contributed by atoms with E-state index in [1.54, 1.807) is 0 Å². The molecule has 1 aliphatic rings. The van der Waals surface area contributed by atoms with Gasteiger partial charge >= 0.3 is 0 Å². The summed E-state index contributed by atoms with van der Waals surface area (Å²) in [5.74, 6) is -0.396. The summed E-state index contributed by atoms with van der Waals surface area (Å²) in [6.07, 6.45) is 0. The molecule has 0 radical (unpaired) electrons. The minimum absolute atomic E-state index is 0.0459. The zero-order valence-corrected chi connectivity index (χ0v) is 18.6. The standard InChI is InChI=1S/C18H10Br2N2O2.H4P2/c19-11-5-1-9(2-6-11)15-13-14(18(24)21-15)16(22-17(13)23)10-3-7-12(20)8-4-10;1-2/h1-8,21,24H;1-2H2/i;1D. The summed E-state index contributed by atoms with van der Waals surface area (Å²) in [7, 11) is 2.52. The molecule has 2 N–H and O–H groups in total. The van der Waals surface area contributed by atoms with E-state index in [1.165, 1.54) is 0 Å². The Bertz CT molecular complexity index is 1020. The van der Waals surface area contributed by atoms with Crippen molar-refractivity contribution >= 4 is 61.3 Å². The normalized spacial score (nSPS) is 13.3. The van der Waals surface area contributed by atoms with Gasteiger partial charge in [0.1, 0.15) is 0 Å². The van der Waals surface area contributed by atoms with Crippen LogP contribution in [0.5, 0.6) is 5.88 Å². The van der Waals surface area contributed by atoms with E-state index >= 15 is 0 Å². The minimum atomic E-state index is -0.350. The van der Waals surface area contributed by atoms with Crippen LogP contribution in [0.25, 0.3) is 11.3 Å². The molecule has 0 saturated carbocycles. The molecule has 2 atom stereocenters. The molecule has 0 aliphatic carbocycles. The number of aliphatic imine (C=N–C) groups is 1. The number of carbonyl (C=O) groups is 1. The van der Waals surface area contributed by atoms with Gasteiger partial charge in [-0.2, -0.15) is 0 Å². The highest BCUT2D eigenvalue weighted by Crippen LogP contribution is 2.38. The number of nitrogens with zero attached hydrogens (tertiary/aromatic N) is 1. The number of hydrogen-bond donors (Lipinski definition) is 2. The van der Waals surface area contributed by atoms with Crippen molar-refractivity contribution in [1.82, 2.24) is 4.98 Å². The Labute approximate surface area is 173 Å². The van der Waals surface area contributed by atoms with Gasteiger partial charge in [-0.3, -0.25) is 4.79 Å². The number of benzene rings is 2. The van der Waals surface area contributed by atoms with Gasteiger partial charge in [0.15, 0.2) is 5.88 Å². The lowest BCUT2D eigenvalue weighted by Crippen LogP contribution is -1.99. The number of hydrogen-bond acceptors (Lipinski definition) is 2. The average Bonchev–Trinajstić information content (AvgIpc) is 3.16. The van der Waals surface area contributed by atoms with Crippen LogP contribution >= 0.6 is 49.7 Å². The summed E-state index contributed by atoms with van der Waals surface area (Å²) in [6, 6.07) is 15.0. The lowest BCUT2D eigenvalue weighted by Gasteiger charge is -2.01. The first kappa shape index (κ1) is 18.1. The van der Waals surface area contributed by atoms with Crippen LogP contribution in [0.15, 0.2) is 62.5 Å². The zero-order chi connectivity index (χ0) is 19.6. The predicted molar refractivity (Wildman–Crippen MR) is 119 cm³/mol. The largest absolute Gasteiger partial charge is 0.494 e. The van der Waals surface area contributed by atoms with E-state index < -0.39 is 0 Å². The van der Waals surface area contributed by atoms with E-state index in [0.717, 1.165) is 20.1 Å². The van der Waals surface area contributed by atoms with Crippen LogP contribution in [0.2, 0.25) is 0 Å². The van der Waals surface area contributed by atoms with E-state index in [9.17, 15) is 9.90 Å². The number of aromatic nitrogens is 1. The molecule has 2 heterocycles. The van der Waals surface area contributed by atoms with Crippen LogP contribution < -0.4 is 0 Å².